The quantitative estimate of drug-likeness (QED) is 0.497. The molecule has 1 radical (unpaired) electrons. The molecule has 29 heavy (non-hydrogen) atoms. The minimum Gasteiger partial charge on any atom is -0.485 e. The van der Waals surface area contributed by atoms with Crippen molar-refractivity contribution in [1.82, 2.24) is 9.97 Å². The Bertz CT molecular complexity index is 1020. The molecule has 3 N–H and O–H groups in total. The molecule has 0 saturated heterocycles. The van der Waals surface area contributed by atoms with E-state index in [1.165, 1.54) is 0 Å². The maximum Gasteiger partial charge on any atom is 0.418 e. The number of H-pyrrole nitrogens is 1. The van der Waals surface area contributed by atoms with Gasteiger partial charge in [0.05, 0.1) is 16.6 Å². The van der Waals surface area contributed by atoms with Crippen molar-refractivity contribution in [3.8, 4) is 11.5 Å². The average molecular weight is 405 g/mol. The van der Waals surface area contributed by atoms with E-state index >= 15 is 0 Å². The van der Waals surface area contributed by atoms with Crippen LogP contribution < -0.4 is 20.1 Å². The van der Waals surface area contributed by atoms with Crippen molar-refractivity contribution in [3.05, 3.63) is 36.0 Å². The summed E-state index contributed by atoms with van der Waals surface area (Å²) in [5.74, 6) is 1.38. The Morgan fingerprint density at radius 2 is 2.07 bits per heavy atom. The van der Waals surface area contributed by atoms with E-state index in [9.17, 15) is 13.2 Å². The number of halogens is 3. The molecule has 0 spiro atoms. The summed E-state index contributed by atoms with van der Waals surface area (Å²) < 4.78 is 51.5. The molecule has 1 aromatic carbocycles. The van der Waals surface area contributed by atoms with E-state index in [2.05, 4.69) is 26.7 Å². The van der Waals surface area contributed by atoms with Crippen molar-refractivity contribution in [1.29, 1.82) is 0 Å². The lowest BCUT2D eigenvalue weighted by molar-refractivity contribution is -0.136. The Labute approximate surface area is 165 Å². The first-order valence-corrected chi connectivity index (χ1v) is 9.38. The minimum absolute atomic E-state index is 0.0298. The summed E-state index contributed by atoms with van der Waals surface area (Å²) >= 11 is 0. The Kier molecular flexibility index (Phi) is 5.12. The highest BCUT2D eigenvalue weighted by molar-refractivity contribution is 5.95. The number of ether oxygens (including phenoxy) is 2. The van der Waals surface area contributed by atoms with Crippen LogP contribution >= 0.6 is 0 Å². The second kappa shape index (κ2) is 7.73. The zero-order chi connectivity index (χ0) is 20.4. The van der Waals surface area contributed by atoms with Crippen LogP contribution in [0.5, 0.6) is 11.5 Å². The molecule has 0 aliphatic carbocycles. The SMILES string of the molecule is CCCCNc1cc(Nc2cc[c]c3c2OCCO3)nc2[nH]cc(C(F)(F)F)c12. The van der Waals surface area contributed by atoms with Crippen LogP contribution in [-0.2, 0) is 6.18 Å². The van der Waals surface area contributed by atoms with Crippen LogP contribution in [0, 0.1) is 6.07 Å². The maximum absolute atomic E-state index is 13.4. The lowest BCUT2D eigenvalue weighted by atomic mass is 10.1. The van der Waals surface area contributed by atoms with Crippen LogP contribution in [0.15, 0.2) is 24.4 Å². The number of pyridine rings is 1. The zero-order valence-electron chi connectivity index (χ0n) is 15.7. The van der Waals surface area contributed by atoms with E-state index in [4.69, 9.17) is 9.47 Å². The molecule has 153 valence electrons. The van der Waals surface area contributed by atoms with Crippen molar-refractivity contribution in [2.75, 3.05) is 30.4 Å². The number of hydrogen-bond donors (Lipinski definition) is 3. The summed E-state index contributed by atoms with van der Waals surface area (Å²) in [5, 5.41) is 6.27. The van der Waals surface area contributed by atoms with Gasteiger partial charge < -0.3 is 25.1 Å². The van der Waals surface area contributed by atoms with Crippen LogP contribution in [-0.4, -0.2) is 29.7 Å². The van der Waals surface area contributed by atoms with Gasteiger partial charge in [0.25, 0.3) is 0 Å². The largest absolute Gasteiger partial charge is 0.485 e. The summed E-state index contributed by atoms with van der Waals surface area (Å²) in [6.07, 6.45) is -1.76. The normalized spacial score (nSPS) is 13.5. The van der Waals surface area contributed by atoms with E-state index < -0.39 is 11.7 Å². The van der Waals surface area contributed by atoms with Gasteiger partial charge in [0.2, 0.25) is 0 Å². The number of nitrogens with one attached hydrogen (secondary N) is 3. The topological polar surface area (TPSA) is 71.2 Å². The van der Waals surface area contributed by atoms with Crippen LogP contribution in [0.25, 0.3) is 11.0 Å². The molecule has 6 nitrogen and oxygen atoms in total. The Hall–Kier alpha value is -3.10. The van der Waals surface area contributed by atoms with Gasteiger partial charge in [0.15, 0.2) is 11.5 Å². The number of fused-ring (bicyclic) bond motifs is 2. The first-order valence-electron chi connectivity index (χ1n) is 9.38. The molecule has 9 heteroatoms. The number of nitrogens with zero attached hydrogens (tertiary/aromatic N) is 1. The second-order valence-electron chi connectivity index (χ2n) is 6.63. The summed E-state index contributed by atoms with van der Waals surface area (Å²) in [7, 11) is 0. The lowest BCUT2D eigenvalue weighted by Crippen LogP contribution is -2.16. The third-order valence-corrected chi connectivity index (χ3v) is 4.55. The number of aromatic amines is 1. The van der Waals surface area contributed by atoms with E-state index in [0.29, 0.717) is 48.5 Å². The molecule has 0 unspecified atom stereocenters. The Morgan fingerprint density at radius 1 is 1.24 bits per heavy atom. The van der Waals surface area contributed by atoms with Gasteiger partial charge in [-0.2, -0.15) is 13.2 Å². The van der Waals surface area contributed by atoms with Gasteiger partial charge in [-0.3, -0.25) is 0 Å². The molecular weight excluding hydrogens is 385 g/mol. The number of unbranched alkanes of at least 4 members (excludes halogenated alkanes) is 1. The summed E-state index contributed by atoms with van der Waals surface area (Å²) in [6, 6.07) is 7.97. The fourth-order valence-corrected chi connectivity index (χ4v) is 3.20. The van der Waals surface area contributed by atoms with E-state index in [1.54, 1.807) is 18.2 Å². The summed E-state index contributed by atoms with van der Waals surface area (Å²) in [4.78, 5) is 6.97. The lowest BCUT2D eigenvalue weighted by Gasteiger charge is -2.21. The maximum atomic E-state index is 13.4. The van der Waals surface area contributed by atoms with Crippen molar-refractivity contribution < 1.29 is 22.6 Å². The molecule has 2 aromatic heterocycles. The van der Waals surface area contributed by atoms with Crippen LogP contribution in [0.1, 0.15) is 25.3 Å². The molecule has 3 heterocycles. The number of aromatic nitrogens is 2. The molecule has 3 aromatic rings. The molecule has 0 fully saturated rings. The molecule has 4 rings (SSSR count). The minimum atomic E-state index is -4.48. The fourth-order valence-electron chi connectivity index (χ4n) is 3.20. The smallest absolute Gasteiger partial charge is 0.418 e. The third-order valence-electron chi connectivity index (χ3n) is 4.55. The highest BCUT2D eigenvalue weighted by Crippen LogP contribution is 2.41. The van der Waals surface area contributed by atoms with E-state index in [1.807, 2.05) is 6.92 Å². The van der Waals surface area contributed by atoms with Gasteiger partial charge in [-0.05, 0) is 18.6 Å². The number of benzene rings is 1. The highest BCUT2D eigenvalue weighted by Gasteiger charge is 2.35. The predicted molar refractivity (Wildman–Crippen MR) is 104 cm³/mol. The number of alkyl halides is 3. The second-order valence-corrected chi connectivity index (χ2v) is 6.63. The van der Waals surface area contributed by atoms with Gasteiger partial charge >= 0.3 is 6.18 Å². The van der Waals surface area contributed by atoms with Gasteiger partial charge in [-0.25, -0.2) is 4.98 Å². The molecule has 1 aliphatic rings. The van der Waals surface area contributed by atoms with Gasteiger partial charge in [0, 0.05) is 30.6 Å². The molecule has 0 atom stereocenters. The van der Waals surface area contributed by atoms with Crippen LogP contribution in [0.3, 0.4) is 0 Å². The molecular formula is C20H20F3N4O2. The standard InChI is InChI=1S/C20H20F3N4O2/c1-2-3-7-24-14-10-16(27-19-17(14)12(11-25-19)20(21,22)23)26-13-5-4-6-15-18(13)29-9-8-28-15/h4-5,10-11H,2-3,7-9H2,1H3,(H3,24,25,26,27). The molecule has 0 amide bonds. The number of hydrogen-bond acceptors (Lipinski definition) is 5. The number of anilines is 3. The van der Waals surface area contributed by atoms with Gasteiger partial charge in [0.1, 0.15) is 24.7 Å². The summed E-state index contributed by atoms with van der Waals surface area (Å²) in [6.45, 7) is 3.42. The molecule has 0 saturated carbocycles. The number of rotatable bonds is 6. The van der Waals surface area contributed by atoms with Crippen molar-refractivity contribution in [2.24, 2.45) is 0 Å². The fraction of sp³-hybridized carbons (Fsp3) is 0.350. The van der Waals surface area contributed by atoms with Crippen molar-refractivity contribution >= 4 is 28.2 Å². The van der Waals surface area contributed by atoms with E-state index in [-0.39, 0.29) is 11.0 Å². The van der Waals surface area contributed by atoms with Crippen LogP contribution in [0.2, 0.25) is 0 Å². The molecule has 0 bridgehead atoms. The monoisotopic (exact) mass is 405 g/mol. The molecule has 1 aliphatic heterocycles. The third kappa shape index (κ3) is 3.90. The summed E-state index contributed by atoms with van der Waals surface area (Å²) in [5.41, 5.74) is 0.379. The van der Waals surface area contributed by atoms with Gasteiger partial charge in [-0.15, -0.1) is 0 Å². The Balaban J connectivity index is 1.74. The predicted octanol–water partition coefficient (Wildman–Crippen LogP) is 5.11. The first kappa shape index (κ1) is 19.2. The average Bonchev–Trinajstić information content (AvgIpc) is 3.13. The Morgan fingerprint density at radius 3 is 2.86 bits per heavy atom. The van der Waals surface area contributed by atoms with E-state index in [0.717, 1.165) is 19.0 Å². The first-order chi connectivity index (χ1) is 14.0. The zero-order valence-corrected chi connectivity index (χ0v) is 15.7. The van der Waals surface area contributed by atoms with Crippen LogP contribution in [0.4, 0.5) is 30.4 Å². The van der Waals surface area contributed by atoms with Crippen molar-refractivity contribution in [2.45, 2.75) is 25.9 Å². The highest BCUT2D eigenvalue weighted by atomic mass is 19.4. The van der Waals surface area contributed by atoms with Gasteiger partial charge in [-0.1, -0.05) is 13.3 Å². The van der Waals surface area contributed by atoms with Crippen molar-refractivity contribution in [3.63, 3.8) is 0 Å².